The number of aromatic nitrogens is 1. The highest BCUT2D eigenvalue weighted by Crippen LogP contribution is 2.35. The van der Waals surface area contributed by atoms with Crippen molar-refractivity contribution in [3.63, 3.8) is 0 Å². The van der Waals surface area contributed by atoms with Crippen LogP contribution in [0.3, 0.4) is 0 Å². The van der Waals surface area contributed by atoms with E-state index >= 15 is 0 Å². The monoisotopic (exact) mass is 287 g/mol. The number of carbonyl (C=O) groups is 1. The van der Waals surface area contributed by atoms with E-state index in [9.17, 15) is 4.79 Å². The van der Waals surface area contributed by atoms with Crippen LogP contribution >= 0.6 is 27.3 Å². The van der Waals surface area contributed by atoms with E-state index in [-0.39, 0.29) is 5.56 Å². The molecular weight excluding hydrogens is 282 g/mol. The Labute approximate surface area is 97.6 Å². The minimum absolute atomic E-state index is 0.0868. The van der Waals surface area contributed by atoms with E-state index in [1.807, 2.05) is 13.0 Å². The first-order valence-corrected chi connectivity index (χ1v) is 5.65. The molecule has 0 radical (unpaired) electrons. The van der Waals surface area contributed by atoms with E-state index in [1.54, 1.807) is 0 Å². The first-order valence-electron chi connectivity index (χ1n) is 4.04. The summed E-state index contributed by atoms with van der Waals surface area (Å²) in [5, 5.41) is 12.4. The molecule has 4 nitrogen and oxygen atoms in total. The Morgan fingerprint density at radius 1 is 1.67 bits per heavy atom. The summed E-state index contributed by atoms with van der Waals surface area (Å²) >= 11 is 4.82. The largest absolute Gasteiger partial charge is 0.477 e. The van der Waals surface area contributed by atoms with E-state index < -0.39 is 5.97 Å². The summed E-state index contributed by atoms with van der Waals surface area (Å²) in [6.07, 6.45) is 1.21. The molecule has 15 heavy (non-hydrogen) atoms. The lowest BCUT2D eigenvalue weighted by molar-refractivity contribution is 0.0697. The Morgan fingerprint density at radius 3 is 2.93 bits per heavy atom. The second-order valence-electron chi connectivity index (χ2n) is 2.89. The van der Waals surface area contributed by atoms with Crippen LogP contribution in [0.5, 0.6) is 0 Å². The van der Waals surface area contributed by atoms with Crippen LogP contribution in [0.25, 0.3) is 10.6 Å². The minimum atomic E-state index is -1.03. The molecule has 0 bridgehead atoms. The average molecular weight is 288 g/mol. The number of thiophene rings is 1. The lowest BCUT2D eigenvalue weighted by atomic mass is 10.2. The molecule has 1 N–H and O–H groups in total. The summed E-state index contributed by atoms with van der Waals surface area (Å²) in [5.41, 5.74) is 0.0868. The standard InChI is InChI=1S/C9H6BrNO3S/c1-4-6(10)2-7(15-4)8-5(9(12)13)3-11-14-8/h2-3H,1H3,(H,12,13). The molecule has 0 aromatic carbocycles. The molecule has 0 saturated carbocycles. The quantitative estimate of drug-likeness (QED) is 0.921. The van der Waals surface area contributed by atoms with Gasteiger partial charge >= 0.3 is 5.97 Å². The molecule has 2 rings (SSSR count). The molecule has 0 unspecified atom stereocenters. The van der Waals surface area contributed by atoms with E-state index in [4.69, 9.17) is 9.63 Å². The highest BCUT2D eigenvalue weighted by Gasteiger charge is 2.19. The number of rotatable bonds is 2. The molecule has 0 aliphatic rings. The SMILES string of the molecule is Cc1sc(-c2oncc2C(=O)O)cc1Br. The van der Waals surface area contributed by atoms with Gasteiger partial charge in [-0.2, -0.15) is 0 Å². The third kappa shape index (κ3) is 1.82. The summed E-state index contributed by atoms with van der Waals surface area (Å²) in [5.74, 6) is -0.727. The van der Waals surface area contributed by atoms with E-state index in [1.165, 1.54) is 17.5 Å². The van der Waals surface area contributed by atoms with Crippen molar-refractivity contribution >= 4 is 33.2 Å². The summed E-state index contributed by atoms with van der Waals surface area (Å²) in [7, 11) is 0. The third-order valence-electron chi connectivity index (χ3n) is 1.88. The Balaban J connectivity index is 2.54. The minimum Gasteiger partial charge on any atom is -0.477 e. The summed E-state index contributed by atoms with van der Waals surface area (Å²) in [6, 6.07) is 1.83. The number of nitrogens with zero attached hydrogens (tertiary/aromatic N) is 1. The molecular formula is C9H6BrNO3S. The highest BCUT2D eigenvalue weighted by atomic mass is 79.9. The maximum absolute atomic E-state index is 10.8. The van der Waals surface area contributed by atoms with Gasteiger partial charge in [0.15, 0.2) is 5.76 Å². The number of aryl methyl sites for hydroxylation is 1. The third-order valence-corrected chi connectivity index (χ3v) is 4.02. The van der Waals surface area contributed by atoms with E-state index in [2.05, 4.69) is 21.1 Å². The zero-order valence-electron chi connectivity index (χ0n) is 7.65. The lowest BCUT2D eigenvalue weighted by Gasteiger charge is -1.90. The molecule has 0 amide bonds. The molecule has 0 fully saturated rings. The van der Waals surface area contributed by atoms with Crippen molar-refractivity contribution in [2.45, 2.75) is 6.92 Å². The predicted octanol–water partition coefficient (Wildman–Crippen LogP) is 3.17. The Bertz CT molecular complexity index is 498. The lowest BCUT2D eigenvalue weighted by Crippen LogP contribution is -1.94. The zero-order valence-corrected chi connectivity index (χ0v) is 10.1. The smallest absolute Gasteiger partial charge is 0.341 e. The number of halogens is 1. The van der Waals surface area contributed by atoms with Gasteiger partial charge in [0.1, 0.15) is 5.56 Å². The molecule has 0 aliphatic carbocycles. The number of aromatic carboxylic acids is 1. The van der Waals surface area contributed by atoms with Gasteiger partial charge in [0.2, 0.25) is 0 Å². The van der Waals surface area contributed by atoms with E-state index in [0.717, 1.165) is 14.2 Å². The summed E-state index contributed by atoms with van der Waals surface area (Å²) < 4.78 is 5.88. The van der Waals surface area contributed by atoms with Crippen LogP contribution in [0.15, 0.2) is 21.3 Å². The van der Waals surface area contributed by atoms with Crippen molar-refractivity contribution in [3.8, 4) is 10.6 Å². The average Bonchev–Trinajstić information content (AvgIpc) is 2.73. The van der Waals surface area contributed by atoms with Gasteiger partial charge in [-0.3, -0.25) is 0 Å². The van der Waals surface area contributed by atoms with Crippen molar-refractivity contribution in [2.75, 3.05) is 0 Å². The van der Waals surface area contributed by atoms with Gasteiger partial charge in [0.05, 0.1) is 11.1 Å². The number of carboxylic acid groups (broad SMARTS) is 1. The van der Waals surface area contributed by atoms with Gasteiger partial charge in [-0.05, 0) is 28.9 Å². The number of hydrogen-bond acceptors (Lipinski definition) is 4. The van der Waals surface area contributed by atoms with Gasteiger partial charge < -0.3 is 9.63 Å². The first kappa shape index (κ1) is 10.4. The highest BCUT2D eigenvalue weighted by molar-refractivity contribution is 9.10. The normalized spacial score (nSPS) is 10.5. The molecule has 0 aliphatic heterocycles. The first-order chi connectivity index (χ1) is 7.09. The molecule has 6 heteroatoms. The van der Waals surface area contributed by atoms with Crippen molar-refractivity contribution in [1.29, 1.82) is 0 Å². The van der Waals surface area contributed by atoms with Crippen LogP contribution < -0.4 is 0 Å². The van der Waals surface area contributed by atoms with Crippen LogP contribution in [-0.2, 0) is 0 Å². The Morgan fingerprint density at radius 2 is 2.40 bits per heavy atom. The van der Waals surface area contributed by atoms with E-state index in [0.29, 0.717) is 5.76 Å². The fraction of sp³-hybridized carbons (Fsp3) is 0.111. The maximum Gasteiger partial charge on any atom is 0.341 e. The Kier molecular flexibility index (Phi) is 2.62. The fourth-order valence-corrected chi connectivity index (χ4v) is 2.67. The van der Waals surface area contributed by atoms with Gasteiger partial charge in [0, 0.05) is 9.35 Å². The number of hydrogen-bond donors (Lipinski definition) is 1. The number of carboxylic acids is 1. The van der Waals surface area contributed by atoms with Crippen LogP contribution in [0.2, 0.25) is 0 Å². The maximum atomic E-state index is 10.8. The van der Waals surface area contributed by atoms with Gasteiger partial charge in [0.25, 0.3) is 0 Å². The van der Waals surface area contributed by atoms with Gasteiger partial charge in [-0.15, -0.1) is 11.3 Å². The van der Waals surface area contributed by atoms with Crippen molar-refractivity contribution < 1.29 is 14.4 Å². The van der Waals surface area contributed by atoms with Gasteiger partial charge in [-0.25, -0.2) is 4.79 Å². The van der Waals surface area contributed by atoms with Crippen LogP contribution in [-0.4, -0.2) is 16.2 Å². The summed E-state index contributed by atoms with van der Waals surface area (Å²) in [4.78, 5) is 12.7. The van der Waals surface area contributed by atoms with Crippen LogP contribution in [0.1, 0.15) is 15.2 Å². The second kappa shape index (κ2) is 3.79. The topological polar surface area (TPSA) is 63.3 Å². The molecule has 2 aromatic rings. The van der Waals surface area contributed by atoms with Gasteiger partial charge in [-0.1, -0.05) is 5.16 Å². The fourth-order valence-electron chi connectivity index (χ4n) is 1.14. The molecule has 0 spiro atoms. The summed E-state index contributed by atoms with van der Waals surface area (Å²) in [6.45, 7) is 1.94. The van der Waals surface area contributed by atoms with Crippen LogP contribution in [0.4, 0.5) is 0 Å². The predicted molar refractivity (Wildman–Crippen MR) is 59.2 cm³/mol. The zero-order chi connectivity index (χ0) is 11.0. The molecule has 2 aromatic heterocycles. The van der Waals surface area contributed by atoms with Crippen LogP contribution in [0, 0.1) is 6.92 Å². The molecule has 78 valence electrons. The molecule has 0 atom stereocenters. The van der Waals surface area contributed by atoms with Crippen molar-refractivity contribution in [1.82, 2.24) is 5.16 Å². The van der Waals surface area contributed by atoms with Crippen molar-refractivity contribution in [3.05, 3.63) is 27.2 Å². The van der Waals surface area contributed by atoms with Crippen molar-refractivity contribution in [2.24, 2.45) is 0 Å². The second-order valence-corrected chi connectivity index (χ2v) is 5.00. The molecule has 2 heterocycles. The Hall–Kier alpha value is -1.14. The molecule has 0 saturated heterocycles.